The smallest absolute Gasteiger partial charge is 0.291 e. The Kier molecular flexibility index (Phi) is 7.68. The molecular weight excluding hydrogens is 455 g/mol. The summed E-state index contributed by atoms with van der Waals surface area (Å²) in [5, 5.41) is 5.38. The van der Waals surface area contributed by atoms with Gasteiger partial charge in [0.05, 0.1) is 17.5 Å². The van der Waals surface area contributed by atoms with Crippen LogP contribution in [-0.2, 0) is 4.79 Å². The van der Waals surface area contributed by atoms with Gasteiger partial charge >= 0.3 is 0 Å². The maximum atomic E-state index is 13.4. The minimum Gasteiger partial charge on any atom is -0.497 e. The minimum atomic E-state index is -0.652. The van der Waals surface area contributed by atoms with Crippen LogP contribution in [0.5, 0.6) is 11.5 Å². The lowest BCUT2D eigenvalue weighted by atomic mass is 10.2. The Morgan fingerprint density at radius 1 is 1.15 bits per heavy atom. The summed E-state index contributed by atoms with van der Waals surface area (Å²) in [6, 6.07) is 9.62. The topological polar surface area (TPSA) is 107 Å². The third-order valence-corrected chi connectivity index (χ3v) is 4.77. The van der Waals surface area contributed by atoms with Crippen LogP contribution >= 0.6 is 11.6 Å². The molecule has 0 bridgehead atoms. The molecule has 0 radical (unpaired) electrons. The fourth-order valence-electron chi connectivity index (χ4n) is 2.78. The van der Waals surface area contributed by atoms with E-state index in [4.69, 9.17) is 25.5 Å². The SMILES string of the molecule is C=C(CCNC(=O)COc1ccc(Cl)c(F)c1)NC(=O)c1cc(=O)c2ccc(OC)cc2o1. The van der Waals surface area contributed by atoms with Gasteiger partial charge in [0.25, 0.3) is 11.8 Å². The van der Waals surface area contributed by atoms with Gasteiger partial charge in [0, 0.05) is 36.9 Å². The van der Waals surface area contributed by atoms with Crippen LogP contribution in [0, 0.1) is 5.82 Å². The average molecular weight is 475 g/mol. The molecule has 0 fully saturated rings. The second kappa shape index (κ2) is 10.6. The molecule has 0 unspecified atom stereocenters. The standard InChI is InChI=1S/C23H20ClFN2O6/c1-13(7-8-26-22(29)12-32-15-4-6-17(24)18(25)9-15)27-23(30)21-11-19(28)16-5-3-14(31-2)10-20(16)33-21/h3-6,9-11H,1,7-8,12H2,2H3,(H,26,29)(H,27,30). The Balaban J connectivity index is 1.48. The number of rotatable bonds is 9. The lowest BCUT2D eigenvalue weighted by molar-refractivity contribution is -0.123. The van der Waals surface area contributed by atoms with Crippen molar-refractivity contribution >= 4 is 34.4 Å². The predicted molar refractivity (Wildman–Crippen MR) is 120 cm³/mol. The molecule has 0 aliphatic heterocycles. The number of hydrogen-bond acceptors (Lipinski definition) is 6. The highest BCUT2D eigenvalue weighted by molar-refractivity contribution is 6.30. The highest BCUT2D eigenvalue weighted by Gasteiger charge is 2.14. The van der Waals surface area contributed by atoms with Gasteiger partial charge in [-0.1, -0.05) is 18.2 Å². The molecule has 172 valence electrons. The zero-order valence-electron chi connectivity index (χ0n) is 17.6. The van der Waals surface area contributed by atoms with Gasteiger partial charge in [-0.15, -0.1) is 0 Å². The van der Waals surface area contributed by atoms with Crippen LogP contribution in [0.15, 0.2) is 64.0 Å². The zero-order valence-corrected chi connectivity index (χ0v) is 18.3. The summed E-state index contributed by atoms with van der Waals surface area (Å²) in [5.74, 6) is -1.29. The van der Waals surface area contributed by atoms with Crippen molar-refractivity contribution in [3.63, 3.8) is 0 Å². The third kappa shape index (κ3) is 6.33. The number of ether oxygens (including phenoxy) is 2. The zero-order chi connectivity index (χ0) is 24.0. The molecule has 0 saturated carbocycles. The van der Waals surface area contributed by atoms with Gasteiger partial charge < -0.3 is 24.5 Å². The molecule has 2 N–H and O–H groups in total. The Morgan fingerprint density at radius 2 is 1.91 bits per heavy atom. The van der Waals surface area contributed by atoms with Crippen LogP contribution < -0.4 is 25.5 Å². The van der Waals surface area contributed by atoms with E-state index in [9.17, 15) is 18.8 Å². The summed E-state index contributed by atoms with van der Waals surface area (Å²) in [5.41, 5.74) is 0.141. The van der Waals surface area contributed by atoms with E-state index >= 15 is 0 Å². The molecule has 2 amide bonds. The summed E-state index contributed by atoms with van der Waals surface area (Å²) in [6.07, 6.45) is 0.221. The van der Waals surface area contributed by atoms with E-state index in [0.29, 0.717) is 16.8 Å². The predicted octanol–water partition coefficient (Wildman–Crippen LogP) is 3.42. The van der Waals surface area contributed by atoms with E-state index in [1.165, 1.54) is 25.3 Å². The molecule has 10 heteroatoms. The largest absolute Gasteiger partial charge is 0.497 e. The monoisotopic (exact) mass is 474 g/mol. The highest BCUT2D eigenvalue weighted by Crippen LogP contribution is 2.21. The number of fused-ring (bicyclic) bond motifs is 1. The lowest BCUT2D eigenvalue weighted by Gasteiger charge is -2.10. The lowest BCUT2D eigenvalue weighted by Crippen LogP contribution is -2.31. The number of hydrogen-bond donors (Lipinski definition) is 2. The van der Waals surface area contributed by atoms with Gasteiger partial charge in [0.1, 0.15) is 22.9 Å². The van der Waals surface area contributed by atoms with Crippen molar-refractivity contribution in [3.05, 3.63) is 81.6 Å². The number of methoxy groups -OCH3 is 1. The van der Waals surface area contributed by atoms with Gasteiger partial charge in [0.2, 0.25) is 0 Å². The maximum absolute atomic E-state index is 13.4. The molecule has 3 rings (SSSR count). The molecule has 2 aromatic carbocycles. The van der Waals surface area contributed by atoms with E-state index in [1.54, 1.807) is 12.1 Å². The van der Waals surface area contributed by atoms with Gasteiger partial charge in [-0.05, 0) is 24.3 Å². The molecule has 1 aromatic heterocycles. The molecule has 3 aromatic rings. The number of benzene rings is 2. The fraction of sp³-hybridized carbons (Fsp3) is 0.174. The van der Waals surface area contributed by atoms with Crippen LogP contribution in [0.2, 0.25) is 5.02 Å². The number of halogens is 2. The van der Waals surface area contributed by atoms with Gasteiger partial charge in [-0.25, -0.2) is 4.39 Å². The quantitative estimate of drug-likeness (QED) is 0.492. The molecule has 0 saturated heterocycles. The Bertz CT molecular complexity index is 1270. The molecule has 1 heterocycles. The summed E-state index contributed by atoms with van der Waals surface area (Å²) in [4.78, 5) is 36.6. The van der Waals surface area contributed by atoms with Crippen molar-refractivity contribution in [2.45, 2.75) is 6.42 Å². The van der Waals surface area contributed by atoms with Crippen molar-refractivity contribution in [1.29, 1.82) is 0 Å². The summed E-state index contributed by atoms with van der Waals surface area (Å²) in [6.45, 7) is 3.57. The maximum Gasteiger partial charge on any atom is 0.291 e. The van der Waals surface area contributed by atoms with Crippen LogP contribution in [0.25, 0.3) is 11.0 Å². The first-order valence-corrected chi connectivity index (χ1v) is 10.1. The Labute approximate surface area is 192 Å². The first-order valence-electron chi connectivity index (χ1n) is 9.72. The molecule has 0 aliphatic carbocycles. The van der Waals surface area contributed by atoms with E-state index in [2.05, 4.69) is 17.2 Å². The Hall–Kier alpha value is -3.85. The summed E-state index contributed by atoms with van der Waals surface area (Å²) in [7, 11) is 1.47. The first-order chi connectivity index (χ1) is 15.8. The second-order valence-corrected chi connectivity index (χ2v) is 7.27. The van der Waals surface area contributed by atoms with Crippen LogP contribution in [0.1, 0.15) is 17.0 Å². The van der Waals surface area contributed by atoms with Crippen LogP contribution in [-0.4, -0.2) is 32.1 Å². The Morgan fingerprint density at radius 3 is 2.64 bits per heavy atom. The van der Waals surface area contributed by atoms with Gasteiger partial charge in [-0.2, -0.15) is 0 Å². The number of nitrogens with one attached hydrogen (secondary N) is 2. The third-order valence-electron chi connectivity index (χ3n) is 4.46. The van der Waals surface area contributed by atoms with Gasteiger partial charge in [0.15, 0.2) is 17.8 Å². The molecule has 33 heavy (non-hydrogen) atoms. The molecule has 8 nitrogen and oxygen atoms in total. The van der Waals surface area contributed by atoms with E-state index in [1.807, 2.05) is 0 Å². The number of carbonyl (C=O) groups is 2. The molecular formula is C23H20ClFN2O6. The van der Waals surface area contributed by atoms with Crippen molar-refractivity contribution in [3.8, 4) is 11.5 Å². The molecule has 0 atom stereocenters. The number of carbonyl (C=O) groups excluding carboxylic acids is 2. The fourth-order valence-corrected chi connectivity index (χ4v) is 2.90. The van der Waals surface area contributed by atoms with Crippen molar-refractivity contribution in [1.82, 2.24) is 10.6 Å². The summed E-state index contributed by atoms with van der Waals surface area (Å²) < 4.78 is 29.2. The second-order valence-electron chi connectivity index (χ2n) is 6.86. The van der Waals surface area contributed by atoms with Crippen molar-refractivity contribution in [2.24, 2.45) is 0 Å². The molecule has 0 spiro atoms. The van der Waals surface area contributed by atoms with Crippen LogP contribution in [0.3, 0.4) is 0 Å². The van der Waals surface area contributed by atoms with E-state index < -0.39 is 17.6 Å². The van der Waals surface area contributed by atoms with Crippen molar-refractivity contribution in [2.75, 3.05) is 20.3 Å². The average Bonchev–Trinajstić information content (AvgIpc) is 2.79. The van der Waals surface area contributed by atoms with E-state index in [-0.39, 0.29) is 47.1 Å². The van der Waals surface area contributed by atoms with Gasteiger partial charge in [-0.3, -0.25) is 14.4 Å². The summed E-state index contributed by atoms with van der Waals surface area (Å²) >= 11 is 5.59. The minimum absolute atomic E-state index is 0.0462. The number of amides is 2. The molecule has 0 aliphatic rings. The highest BCUT2D eigenvalue weighted by atomic mass is 35.5. The normalized spacial score (nSPS) is 10.5. The van der Waals surface area contributed by atoms with Crippen LogP contribution in [0.4, 0.5) is 4.39 Å². The first kappa shape index (κ1) is 23.8. The van der Waals surface area contributed by atoms with Crippen molar-refractivity contribution < 1.29 is 27.9 Å². The van der Waals surface area contributed by atoms with E-state index in [0.717, 1.165) is 12.1 Å².